The summed E-state index contributed by atoms with van der Waals surface area (Å²) in [5.74, 6) is 0.514. The van der Waals surface area contributed by atoms with Crippen LogP contribution in [0.25, 0.3) is 0 Å². The second kappa shape index (κ2) is 7.75. The monoisotopic (exact) mass is 309 g/mol. The van der Waals surface area contributed by atoms with Gasteiger partial charge in [-0.1, -0.05) is 19.3 Å². The maximum atomic E-state index is 12.3. The van der Waals surface area contributed by atoms with E-state index in [0.717, 1.165) is 51.8 Å². The maximum Gasteiger partial charge on any atom is 0.225 e. The van der Waals surface area contributed by atoms with Crippen molar-refractivity contribution in [3.8, 4) is 0 Å². The maximum absolute atomic E-state index is 12.3. The van der Waals surface area contributed by atoms with Gasteiger partial charge in [0.25, 0.3) is 0 Å². The minimum atomic E-state index is 0.231. The number of hydrogen-bond acceptors (Lipinski definition) is 4. The van der Waals surface area contributed by atoms with E-state index in [-0.39, 0.29) is 11.8 Å². The molecule has 1 saturated carbocycles. The van der Waals surface area contributed by atoms with Gasteiger partial charge in [0.05, 0.1) is 12.5 Å². The van der Waals surface area contributed by atoms with Crippen LogP contribution in [0.1, 0.15) is 38.5 Å². The summed E-state index contributed by atoms with van der Waals surface area (Å²) in [6, 6.07) is 1.10. The lowest BCUT2D eigenvalue weighted by molar-refractivity contribution is -0.132. The number of nitrogens with zero attached hydrogens (tertiary/aromatic N) is 2. The Morgan fingerprint density at radius 3 is 2.64 bits per heavy atom. The molecule has 0 bridgehead atoms. The van der Waals surface area contributed by atoms with Crippen LogP contribution >= 0.6 is 0 Å². The van der Waals surface area contributed by atoms with E-state index in [1.807, 2.05) is 0 Å². The van der Waals surface area contributed by atoms with Crippen molar-refractivity contribution in [2.75, 3.05) is 46.4 Å². The molecule has 1 unspecified atom stereocenters. The Labute approximate surface area is 134 Å². The fourth-order valence-electron chi connectivity index (χ4n) is 4.12. The predicted octanol–water partition coefficient (Wildman–Crippen LogP) is 1.09. The van der Waals surface area contributed by atoms with Crippen LogP contribution in [0.2, 0.25) is 0 Å². The molecule has 3 fully saturated rings. The molecule has 5 nitrogen and oxygen atoms in total. The average molecular weight is 309 g/mol. The predicted molar refractivity (Wildman–Crippen MR) is 86.8 cm³/mol. The van der Waals surface area contributed by atoms with Gasteiger partial charge in [0.15, 0.2) is 0 Å². The van der Waals surface area contributed by atoms with E-state index < -0.39 is 0 Å². The molecule has 0 aromatic carbocycles. The van der Waals surface area contributed by atoms with Gasteiger partial charge in [0.2, 0.25) is 5.91 Å². The summed E-state index contributed by atoms with van der Waals surface area (Å²) in [5, 5.41) is 3.26. The lowest BCUT2D eigenvalue weighted by atomic mass is 9.88. The minimum Gasteiger partial charge on any atom is -0.383 e. The largest absolute Gasteiger partial charge is 0.383 e. The van der Waals surface area contributed by atoms with E-state index in [4.69, 9.17) is 4.74 Å². The van der Waals surface area contributed by atoms with Gasteiger partial charge in [0, 0.05) is 51.9 Å². The summed E-state index contributed by atoms with van der Waals surface area (Å²) in [4.78, 5) is 17.3. The smallest absolute Gasteiger partial charge is 0.225 e. The van der Waals surface area contributed by atoms with Gasteiger partial charge in [-0.05, 0) is 19.3 Å². The van der Waals surface area contributed by atoms with E-state index in [1.165, 1.54) is 32.1 Å². The molecule has 3 rings (SSSR count). The summed E-state index contributed by atoms with van der Waals surface area (Å²) in [5.41, 5.74) is 0. The number of likely N-dealkylation sites (tertiary alicyclic amines) is 2. The minimum absolute atomic E-state index is 0.231. The first-order chi connectivity index (χ1) is 10.8. The molecule has 0 spiro atoms. The first-order valence-electron chi connectivity index (χ1n) is 9.02. The van der Waals surface area contributed by atoms with Gasteiger partial charge >= 0.3 is 0 Å². The van der Waals surface area contributed by atoms with Crippen molar-refractivity contribution >= 4 is 5.91 Å². The van der Waals surface area contributed by atoms with Crippen LogP contribution in [-0.4, -0.2) is 74.2 Å². The molecule has 2 heterocycles. The van der Waals surface area contributed by atoms with Crippen LogP contribution in [0.5, 0.6) is 0 Å². The van der Waals surface area contributed by atoms with E-state index in [1.54, 1.807) is 7.11 Å². The second-order valence-corrected chi connectivity index (χ2v) is 7.23. The Morgan fingerprint density at radius 1 is 1.14 bits per heavy atom. The zero-order valence-electron chi connectivity index (χ0n) is 13.9. The van der Waals surface area contributed by atoms with Crippen LogP contribution < -0.4 is 5.32 Å². The lowest BCUT2D eigenvalue weighted by Gasteiger charge is -2.45. The van der Waals surface area contributed by atoms with Crippen molar-refractivity contribution < 1.29 is 9.53 Å². The van der Waals surface area contributed by atoms with Crippen molar-refractivity contribution in [1.29, 1.82) is 0 Å². The van der Waals surface area contributed by atoms with Crippen LogP contribution in [0.3, 0.4) is 0 Å². The topological polar surface area (TPSA) is 44.8 Å². The molecule has 0 radical (unpaired) electrons. The van der Waals surface area contributed by atoms with Gasteiger partial charge in [0.1, 0.15) is 0 Å². The number of rotatable bonds is 6. The second-order valence-electron chi connectivity index (χ2n) is 7.23. The molecule has 126 valence electrons. The highest BCUT2D eigenvalue weighted by Crippen LogP contribution is 2.28. The SMILES string of the molecule is COCCN1CCC(NC(=O)C2CN(C3CCCCC3)C2)C1. The Hall–Kier alpha value is -0.650. The Balaban J connectivity index is 1.34. The van der Waals surface area contributed by atoms with Crippen molar-refractivity contribution in [2.45, 2.75) is 50.6 Å². The highest BCUT2D eigenvalue weighted by Gasteiger charge is 2.38. The van der Waals surface area contributed by atoms with E-state index in [9.17, 15) is 4.79 Å². The van der Waals surface area contributed by atoms with Gasteiger partial charge in [-0.2, -0.15) is 0 Å². The highest BCUT2D eigenvalue weighted by atomic mass is 16.5. The van der Waals surface area contributed by atoms with Gasteiger partial charge in [-0.15, -0.1) is 0 Å². The summed E-state index contributed by atoms with van der Waals surface area (Å²) >= 11 is 0. The third kappa shape index (κ3) is 4.00. The summed E-state index contributed by atoms with van der Waals surface area (Å²) in [6.07, 6.45) is 7.90. The molecule has 1 amide bonds. The van der Waals surface area contributed by atoms with Gasteiger partial charge in [-0.25, -0.2) is 0 Å². The number of hydrogen-bond donors (Lipinski definition) is 1. The van der Waals surface area contributed by atoms with E-state index >= 15 is 0 Å². The molecule has 3 aliphatic rings. The average Bonchev–Trinajstić information content (AvgIpc) is 2.92. The first-order valence-corrected chi connectivity index (χ1v) is 9.02. The summed E-state index contributed by atoms with van der Waals surface area (Å²) in [6.45, 7) is 5.77. The van der Waals surface area contributed by atoms with Crippen molar-refractivity contribution in [3.05, 3.63) is 0 Å². The number of amides is 1. The highest BCUT2D eigenvalue weighted by molar-refractivity contribution is 5.80. The molecule has 2 saturated heterocycles. The summed E-state index contributed by atoms with van der Waals surface area (Å²) < 4.78 is 5.12. The Morgan fingerprint density at radius 2 is 1.91 bits per heavy atom. The standard InChI is InChI=1S/C17H31N3O2/c1-22-10-9-19-8-7-15(13-19)18-17(21)14-11-20(12-14)16-5-3-2-4-6-16/h14-16H,2-13H2,1H3,(H,18,21). The number of ether oxygens (including phenoxy) is 1. The fourth-order valence-corrected chi connectivity index (χ4v) is 4.12. The summed E-state index contributed by atoms with van der Waals surface area (Å²) in [7, 11) is 1.74. The van der Waals surface area contributed by atoms with E-state index in [0.29, 0.717) is 6.04 Å². The fraction of sp³-hybridized carbons (Fsp3) is 0.941. The van der Waals surface area contributed by atoms with Crippen LogP contribution in [0, 0.1) is 5.92 Å². The Kier molecular flexibility index (Phi) is 5.71. The molecule has 5 heteroatoms. The van der Waals surface area contributed by atoms with Gasteiger partial charge < -0.3 is 10.1 Å². The van der Waals surface area contributed by atoms with Crippen molar-refractivity contribution in [3.63, 3.8) is 0 Å². The van der Waals surface area contributed by atoms with Crippen molar-refractivity contribution in [2.24, 2.45) is 5.92 Å². The van der Waals surface area contributed by atoms with Crippen LogP contribution in [0.15, 0.2) is 0 Å². The Bertz CT molecular complexity index is 365. The molecule has 2 aliphatic heterocycles. The van der Waals surface area contributed by atoms with E-state index in [2.05, 4.69) is 15.1 Å². The lowest BCUT2D eigenvalue weighted by Crippen LogP contribution is -2.58. The molecular weight excluding hydrogens is 278 g/mol. The quantitative estimate of drug-likeness (QED) is 0.798. The van der Waals surface area contributed by atoms with Crippen LogP contribution in [0.4, 0.5) is 0 Å². The van der Waals surface area contributed by atoms with Crippen molar-refractivity contribution in [1.82, 2.24) is 15.1 Å². The molecule has 0 aromatic heterocycles. The number of carbonyl (C=O) groups is 1. The number of carbonyl (C=O) groups excluding carboxylic acids is 1. The third-order valence-corrected chi connectivity index (χ3v) is 5.60. The number of nitrogens with one attached hydrogen (secondary N) is 1. The van der Waals surface area contributed by atoms with Gasteiger partial charge in [-0.3, -0.25) is 14.6 Å². The molecule has 0 aromatic rings. The molecular formula is C17H31N3O2. The van der Waals surface area contributed by atoms with Crippen LogP contribution in [-0.2, 0) is 9.53 Å². The number of methoxy groups -OCH3 is 1. The zero-order chi connectivity index (χ0) is 15.4. The zero-order valence-corrected chi connectivity index (χ0v) is 13.9. The molecule has 22 heavy (non-hydrogen) atoms. The molecule has 1 atom stereocenters. The molecule has 1 aliphatic carbocycles. The molecule has 1 N–H and O–H groups in total. The third-order valence-electron chi connectivity index (χ3n) is 5.60. The normalized spacial score (nSPS) is 28.7. The first kappa shape index (κ1) is 16.2.